The first-order valence-electron chi connectivity index (χ1n) is 9.30. The highest BCUT2D eigenvalue weighted by Crippen LogP contribution is 2.39. The maximum absolute atomic E-state index is 5.72. The van der Waals surface area contributed by atoms with Gasteiger partial charge in [0.15, 0.2) is 5.11 Å². The van der Waals surface area contributed by atoms with Crippen molar-refractivity contribution in [2.45, 2.75) is 25.2 Å². The van der Waals surface area contributed by atoms with Crippen LogP contribution in [-0.4, -0.2) is 38.3 Å². The Bertz CT molecular complexity index is 915. The van der Waals surface area contributed by atoms with Gasteiger partial charge in [0, 0.05) is 37.9 Å². The maximum Gasteiger partial charge on any atom is 0.170 e. The topological polar surface area (TPSA) is 55.2 Å². The summed E-state index contributed by atoms with van der Waals surface area (Å²) in [5.74, 6) is 0. The first-order valence-corrected chi connectivity index (χ1v) is 9.70. The van der Waals surface area contributed by atoms with Crippen molar-refractivity contribution < 1.29 is 4.74 Å². The average molecular weight is 394 g/mol. The fourth-order valence-corrected chi connectivity index (χ4v) is 3.96. The second-order valence-corrected chi connectivity index (χ2v) is 7.08. The lowest BCUT2D eigenvalue weighted by Gasteiger charge is -2.28. The largest absolute Gasteiger partial charge is 0.383 e. The number of thiocarbonyl (C=S) groups is 1. The third-order valence-electron chi connectivity index (χ3n) is 4.96. The molecule has 0 aliphatic carbocycles. The summed E-state index contributed by atoms with van der Waals surface area (Å²) >= 11 is 5.72. The molecule has 2 atom stereocenters. The number of hydrogen-bond donors (Lipinski definition) is 1. The Labute approximate surface area is 170 Å². The summed E-state index contributed by atoms with van der Waals surface area (Å²) in [6.45, 7) is 2.07. The van der Waals surface area contributed by atoms with Gasteiger partial charge in [-0.05, 0) is 48.6 Å². The van der Waals surface area contributed by atoms with E-state index in [9.17, 15) is 0 Å². The van der Waals surface area contributed by atoms with Gasteiger partial charge in [-0.3, -0.25) is 9.97 Å². The second-order valence-electron chi connectivity index (χ2n) is 6.69. The molecule has 1 N–H and O–H groups in total. The molecule has 0 amide bonds. The van der Waals surface area contributed by atoms with Crippen molar-refractivity contribution in [1.82, 2.24) is 24.8 Å². The summed E-state index contributed by atoms with van der Waals surface area (Å²) in [5, 5.41) is 4.20. The summed E-state index contributed by atoms with van der Waals surface area (Å²) in [6.07, 6.45) is 5.72. The first-order chi connectivity index (χ1) is 13.8. The lowest BCUT2D eigenvalue weighted by atomic mass is 10.0. The van der Waals surface area contributed by atoms with Crippen molar-refractivity contribution in [2.24, 2.45) is 0 Å². The molecule has 0 aromatic carbocycles. The van der Waals surface area contributed by atoms with Crippen LogP contribution in [0.4, 0.5) is 0 Å². The number of rotatable bonds is 7. The van der Waals surface area contributed by atoms with E-state index in [2.05, 4.69) is 43.1 Å². The highest BCUT2D eigenvalue weighted by atomic mass is 32.1. The number of hydrogen-bond acceptors (Lipinski definition) is 4. The Balaban J connectivity index is 1.72. The van der Waals surface area contributed by atoms with Crippen molar-refractivity contribution in [3.63, 3.8) is 0 Å². The molecule has 28 heavy (non-hydrogen) atoms. The summed E-state index contributed by atoms with van der Waals surface area (Å²) in [5.41, 5.74) is 3.13. The number of aromatic nitrogens is 3. The normalized spacial score (nSPS) is 19.0. The van der Waals surface area contributed by atoms with E-state index in [1.807, 2.05) is 48.8 Å². The van der Waals surface area contributed by atoms with E-state index in [-0.39, 0.29) is 12.1 Å². The molecular formula is C21H23N5OS. The van der Waals surface area contributed by atoms with Crippen LogP contribution in [0, 0.1) is 0 Å². The number of nitrogens with one attached hydrogen (secondary N) is 1. The van der Waals surface area contributed by atoms with Gasteiger partial charge < -0.3 is 19.5 Å². The fraction of sp³-hybridized carbons (Fsp3) is 0.286. The van der Waals surface area contributed by atoms with Crippen molar-refractivity contribution in [1.29, 1.82) is 0 Å². The van der Waals surface area contributed by atoms with Crippen LogP contribution < -0.4 is 5.32 Å². The van der Waals surface area contributed by atoms with Crippen LogP contribution >= 0.6 is 12.2 Å². The monoisotopic (exact) mass is 393 g/mol. The molecule has 3 aromatic heterocycles. The highest BCUT2D eigenvalue weighted by molar-refractivity contribution is 7.80. The van der Waals surface area contributed by atoms with E-state index in [0.717, 1.165) is 17.9 Å². The van der Waals surface area contributed by atoms with Gasteiger partial charge in [0.05, 0.1) is 36.6 Å². The van der Waals surface area contributed by atoms with Gasteiger partial charge in [-0.2, -0.15) is 0 Å². The Hall–Kier alpha value is -2.77. The molecule has 1 saturated heterocycles. The minimum atomic E-state index is -0.0337. The van der Waals surface area contributed by atoms with E-state index < -0.39 is 0 Å². The van der Waals surface area contributed by atoms with Crippen molar-refractivity contribution in [3.8, 4) is 0 Å². The Morgan fingerprint density at radius 2 is 1.89 bits per heavy atom. The standard InChI is InChI=1S/C21H23N5OS/c1-27-14-13-25-12-6-9-18(25)20-19(17-8-3-5-11-23-17)24-21(28)26(20)15-16-7-2-4-10-22-16/h2-12,19-20H,13-15H2,1H3,(H,24,28). The molecular weight excluding hydrogens is 370 g/mol. The van der Waals surface area contributed by atoms with E-state index >= 15 is 0 Å². The van der Waals surface area contributed by atoms with Crippen LogP contribution in [-0.2, 0) is 17.8 Å². The zero-order valence-electron chi connectivity index (χ0n) is 15.7. The van der Waals surface area contributed by atoms with Gasteiger partial charge in [-0.15, -0.1) is 0 Å². The Morgan fingerprint density at radius 1 is 1.07 bits per heavy atom. The molecule has 1 fully saturated rings. The molecule has 144 valence electrons. The van der Waals surface area contributed by atoms with Crippen molar-refractivity contribution in [2.75, 3.05) is 13.7 Å². The third-order valence-corrected chi connectivity index (χ3v) is 5.31. The molecule has 1 aliphatic heterocycles. The molecule has 0 spiro atoms. The molecule has 2 unspecified atom stereocenters. The quantitative estimate of drug-likeness (QED) is 0.623. The highest BCUT2D eigenvalue weighted by Gasteiger charge is 2.41. The van der Waals surface area contributed by atoms with Crippen LogP contribution in [0.15, 0.2) is 67.1 Å². The Kier molecular flexibility index (Phi) is 5.64. The number of nitrogens with zero attached hydrogens (tertiary/aromatic N) is 4. The zero-order valence-corrected chi connectivity index (χ0v) is 16.5. The van der Waals surface area contributed by atoms with E-state index in [1.165, 1.54) is 5.69 Å². The van der Waals surface area contributed by atoms with Crippen LogP contribution in [0.2, 0.25) is 0 Å². The van der Waals surface area contributed by atoms with E-state index in [0.29, 0.717) is 18.3 Å². The average Bonchev–Trinajstić information content (AvgIpc) is 3.32. The summed E-state index contributed by atoms with van der Waals surface area (Å²) in [4.78, 5) is 11.3. The van der Waals surface area contributed by atoms with Crippen LogP contribution in [0.25, 0.3) is 0 Å². The maximum atomic E-state index is 5.72. The van der Waals surface area contributed by atoms with Gasteiger partial charge in [-0.1, -0.05) is 12.1 Å². The fourth-order valence-electron chi connectivity index (χ4n) is 3.65. The van der Waals surface area contributed by atoms with Crippen LogP contribution in [0.1, 0.15) is 29.2 Å². The predicted molar refractivity (Wildman–Crippen MR) is 112 cm³/mol. The van der Waals surface area contributed by atoms with Crippen molar-refractivity contribution >= 4 is 17.3 Å². The lowest BCUT2D eigenvalue weighted by Crippen LogP contribution is -2.30. The molecule has 1 aliphatic rings. The molecule has 0 bridgehead atoms. The van der Waals surface area contributed by atoms with E-state index in [1.54, 1.807) is 7.11 Å². The molecule has 6 nitrogen and oxygen atoms in total. The summed E-state index contributed by atoms with van der Waals surface area (Å²) < 4.78 is 7.52. The van der Waals surface area contributed by atoms with Gasteiger partial charge >= 0.3 is 0 Å². The molecule has 3 aromatic rings. The van der Waals surface area contributed by atoms with Crippen molar-refractivity contribution in [3.05, 3.63) is 84.2 Å². The number of ether oxygens (including phenoxy) is 1. The molecule has 4 heterocycles. The molecule has 7 heteroatoms. The lowest BCUT2D eigenvalue weighted by molar-refractivity contribution is 0.183. The van der Waals surface area contributed by atoms with Crippen LogP contribution in [0.5, 0.6) is 0 Å². The summed E-state index contributed by atoms with van der Waals surface area (Å²) in [7, 11) is 1.72. The predicted octanol–water partition coefficient (Wildman–Crippen LogP) is 3.10. The zero-order chi connectivity index (χ0) is 19.3. The second kappa shape index (κ2) is 8.50. The van der Waals surface area contributed by atoms with Gasteiger partial charge in [0.1, 0.15) is 0 Å². The smallest absolute Gasteiger partial charge is 0.170 e. The SMILES string of the molecule is COCCn1cccc1C1C(c2ccccn2)NC(=S)N1Cc1ccccn1. The summed E-state index contributed by atoms with van der Waals surface area (Å²) in [6, 6.07) is 16.1. The first kappa shape index (κ1) is 18.6. The van der Waals surface area contributed by atoms with E-state index in [4.69, 9.17) is 17.0 Å². The minimum absolute atomic E-state index is 0.0104. The van der Waals surface area contributed by atoms with Crippen LogP contribution in [0.3, 0.4) is 0 Å². The van der Waals surface area contributed by atoms with Gasteiger partial charge in [0.2, 0.25) is 0 Å². The Morgan fingerprint density at radius 3 is 2.61 bits per heavy atom. The molecule has 0 radical (unpaired) electrons. The third kappa shape index (κ3) is 3.76. The number of pyridine rings is 2. The molecule has 4 rings (SSSR count). The van der Waals surface area contributed by atoms with Gasteiger partial charge in [0.25, 0.3) is 0 Å². The van der Waals surface area contributed by atoms with Gasteiger partial charge in [-0.25, -0.2) is 0 Å². The molecule has 0 saturated carbocycles. The number of methoxy groups -OCH3 is 1. The minimum Gasteiger partial charge on any atom is -0.383 e.